The van der Waals surface area contributed by atoms with E-state index in [0.717, 1.165) is 21.5 Å². The van der Waals surface area contributed by atoms with Crippen LogP contribution in [0, 0.1) is 0 Å². The van der Waals surface area contributed by atoms with Gasteiger partial charge in [-0.3, -0.25) is 0 Å². The summed E-state index contributed by atoms with van der Waals surface area (Å²) in [6, 6.07) is 15.6. The Bertz CT molecular complexity index is 1350. The lowest BCUT2D eigenvalue weighted by molar-refractivity contribution is 0.324. The van der Waals surface area contributed by atoms with Crippen molar-refractivity contribution in [1.29, 1.82) is 0 Å². The van der Waals surface area contributed by atoms with E-state index in [2.05, 4.69) is 10.2 Å². The van der Waals surface area contributed by atoms with Crippen molar-refractivity contribution in [1.82, 2.24) is 24.8 Å². The largest absolute Gasteiger partial charge is 0.493 e. The Kier molecular flexibility index (Phi) is 4.44. The number of para-hydroxylation sites is 1. The first-order valence-electron chi connectivity index (χ1n) is 9.10. The molecular weight excluding hydrogens is 402 g/mol. The molecule has 9 heteroatoms. The molecule has 0 bridgehead atoms. The van der Waals surface area contributed by atoms with Gasteiger partial charge in [-0.1, -0.05) is 35.6 Å². The van der Waals surface area contributed by atoms with Crippen LogP contribution in [-0.2, 0) is 0 Å². The lowest BCUT2D eigenvalue weighted by Gasteiger charge is -2.13. The number of fused-ring (bicyclic) bond motifs is 2. The molecular formula is C21H17N5O3S. The summed E-state index contributed by atoms with van der Waals surface area (Å²) >= 11 is 1.42. The second kappa shape index (κ2) is 7.27. The molecule has 2 aromatic carbocycles. The third kappa shape index (κ3) is 2.91. The summed E-state index contributed by atoms with van der Waals surface area (Å²) in [7, 11) is 4.75. The zero-order valence-corrected chi connectivity index (χ0v) is 17.3. The molecule has 3 heterocycles. The van der Waals surface area contributed by atoms with Crippen LogP contribution in [0.3, 0.4) is 0 Å². The summed E-state index contributed by atoms with van der Waals surface area (Å²) in [6.07, 6.45) is 0. The topological polar surface area (TPSA) is 83.7 Å². The lowest BCUT2D eigenvalue weighted by Crippen LogP contribution is -1.96. The third-order valence-corrected chi connectivity index (χ3v) is 5.68. The number of nitrogens with zero attached hydrogens (tertiary/aromatic N) is 5. The highest BCUT2D eigenvalue weighted by atomic mass is 32.1. The number of pyridine rings is 1. The first-order valence-corrected chi connectivity index (χ1v) is 9.92. The molecule has 0 aliphatic heterocycles. The first-order chi connectivity index (χ1) is 14.7. The van der Waals surface area contributed by atoms with Crippen molar-refractivity contribution in [2.75, 3.05) is 21.3 Å². The Morgan fingerprint density at radius 1 is 0.867 bits per heavy atom. The van der Waals surface area contributed by atoms with Gasteiger partial charge in [-0.15, -0.1) is 10.2 Å². The predicted molar refractivity (Wildman–Crippen MR) is 114 cm³/mol. The number of methoxy groups -OCH3 is 3. The Hall–Kier alpha value is -3.72. The van der Waals surface area contributed by atoms with Crippen LogP contribution in [0.4, 0.5) is 0 Å². The molecule has 0 saturated carbocycles. The van der Waals surface area contributed by atoms with Crippen LogP contribution in [0.1, 0.15) is 0 Å². The van der Waals surface area contributed by atoms with Crippen molar-refractivity contribution in [3.63, 3.8) is 0 Å². The smallest absolute Gasteiger partial charge is 0.235 e. The van der Waals surface area contributed by atoms with Crippen molar-refractivity contribution in [2.24, 2.45) is 0 Å². The molecule has 5 aromatic rings. The van der Waals surface area contributed by atoms with Crippen LogP contribution in [0.15, 0.2) is 48.5 Å². The van der Waals surface area contributed by atoms with Gasteiger partial charge in [0, 0.05) is 10.9 Å². The van der Waals surface area contributed by atoms with Gasteiger partial charge < -0.3 is 14.2 Å². The minimum Gasteiger partial charge on any atom is -0.493 e. The first kappa shape index (κ1) is 18.3. The third-order valence-electron chi connectivity index (χ3n) is 4.73. The van der Waals surface area contributed by atoms with Gasteiger partial charge in [-0.2, -0.15) is 9.61 Å². The van der Waals surface area contributed by atoms with Crippen LogP contribution in [0.25, 0.3) is 38.0 Å². The van der Waals surface area contributed by atoms with Gasteiger partial charge in [0.1, 0.15) is 10.7 Å². The standard InChI is InChI=1S/C21H17N5O3S/c1-27-16-10-13(11-17(28-2)18(16)29-3)20-25-26-19(23-24-21(26)30-20)15-9-8-12-6-4-5-7-14(12)22-15/h4-11H,1-3H3. The highest BCUT2D eigenvalue weighted by molar-refractivity contribution is 7.19. The van der Waals surface area contributed by atoms with Crippen LogP contribution in [0.5, 0.6) is 17.2 Å². The fourth-order valence-corrected chi connectivity index (χ4v) is 4.11. The number of hydrogen-bond acceptors (Lipinski definition) is 8. The van der Waals surface area contributed by atoms with E-state index in [1.807, 2.05) is 48.5 Å². The molecule has 3 aromatic heterocycles. The highest BCUT2D eigenvalue weighted by Crippen LogP contribution is 2.42. The average molecular weight is 419 g/mol. The summed E-state index contributed by atoms with van der Waals surface area (Å²) < 4.78 is 18.0. The molecule has 0 aliphatic carbocycles. The SMILES string of the molecule is COc1cc(-c2nn3c(-c4ccc5ccccc5n4)nnc3s2)cc(OC)c1OC. The van der Waals surface area contributed by atoms with E-state index in [0.29, 0.717) is 33.7 Å². The van der Waals surface area contributed by atoms with Gasteiger partial charge in [-0.25, -0.2) is 4.98 Å². The maximum atomic E-state index is 5.46. The Morgan fingerprint density at radius 3 is 2.37 bits per heavy atom. The molecule has 0 aliphatic rings. The predicted octanol–water partition coefficient (Wildman–Crippen LogP) is 4.09. The molecule has 5 rings (SSSR count). The van der Waals surface area contributed by atoms with E-state index >= 15 is 0 Å². The van der Waals surface area contributed by atoms with Gasteiger partial charge in [0.2, 0.25) is 16.5 Å². The van der Waals surface area contributed by atoms with E-state index in [1.54, 1.807) is 25.8 Å². The zero-order chi connectivity index (χ0) is 20.7. The van der Waals surface area contributed by atoms with Gasteiger partial charge in [0.15, 0.2) is 11.5 Å². The number of ether oxygens (including phenoxy) is 3. The highest BCUT2D eigenvalue weighted by Gasteiger charge is 2.19. The maximum absolute atomic E-state index is 5.46. The number of rotatable bonds is 5. The summed E-state index contributed by atoms with van der Waals surface area (Å²) in [6.45, 7) is 0. The van der Waals surface area contributed by atoms with Crippen LogP contribution >= 0.6 is 11.3 Å². The Morgan fingerprint density at radius 2 is 1.63 bits per heavy atom. The average Bonchev–Trinajstić information content (AvgIpc) is 3.38. The lowest BCUT2D eigenvalue weighted by atomic mass is 10.2. The second-order valence-corrected chi connectivity index (χ2v) is 7.38. The number of benzene rings is 2. The fraction of sp³-hybridized carbons (Fsp3) is 0.143. The molecule has 0 saturated heterocycles. The Labute approximate surface area is 175 Å². The molecule has 0 amide bonds. The minimum absolute atomic E-state index is 0.535. The van der Waals surface area contributed by atoms with Crippen molar-refractivity contribution in [3.8, 4) is 39.3 Å². The number of aromatic nitrogens is 5. The molecule has 0 radical (unpaired) electrons. The van der Waals surface area contributed by atoms with Crippen molar-refractivity contribution >= 4 is 27.2 Å². The van der Waals surface area contributed by atoms with E-state index in [9.17, 15) is 0 Å². The molecule has 0 fully saturated rings. The van der Waals surface area contributed by atoms with Crippen LogP contribution in [-0.4, -0.2) is 46.1 Å². The van der Waals surface area contributed by atoms with Crippen molar-refractivity contribution in [3.05, 3.63) is 48.5 Å². The normalized spacial score (nSPS) is 11.2. The van der Waals surface area contributed by atoms with E-state index in [4.69, 9.17) is 24.3 Å². The molecule has 0 unspecified atom stereocenters. The Balaban J connectivity index is 1.62. The minimum atomic E-state index is 0.535. The summed E-state index contributed by atoms with van der Waals surface area (Å²) in [5.41, 5.74) is 2.44. The van der Waals surface area contributed by atoms with Gasteiger partial charge >= 0.3 is 0 Å². The zero-order valence-electron chi connectivity index (χ0n) is 16.5. The van der Waals surface area contributed by atoms with E-state index in [1.165, 1.54) is 11.3 Å². The second-order valence-electron chi connectivity index (χ2n) is 6.43. The van der Waals surface area contributed by atoms with Crippen LogP contribution < -0.4 is 14.2 Å². The molecule has 0 N–H and O–H groups in total. The summed E-state index contributed by atoms with van der Waals surface area (Å²) in [5.74, 6) is 2.25. The van der Waals surface area contributed by atoms with Gasteiger partial charge in [0.05, 0.1) is 26.8 Å². The molecule has 0 atom stereocenters. The van der Waals surface area contributed by atoms with Crippen molar-refractivity contribution < 1.29 is 14.2 Å². The summed E-state index contributed by atoms with van der Waals surface area (Å²) in [5, 5.41) is 15.1. The summed E-state index contributed by atoms with van der Waals surface area (Å²) in [4.78, 5) is 5.38. The quantitative estimate of drug-likeness (QED) is 0.424. The maximum Gasteiger partial charge on any atom is 0.235 e. The molecule has 0 spiro atoms. The van der Waals surface area contributed by atoms with Crippen molar-refractivity contribution in [2.45, 2.75) is 0 Å². The van der Waals surface area contributed by atoms with E-state index < -0.39 is 0 Å². The van der Waals surface area contributed by atoms with Crippen LogP contribution in [0.2, 0.25) is 0 Å². The molecule has 30 heavy (non-hydrogen) atoms. The monoisotopic (exact) mass is 419 g/mol. The number of hydrogen-bond donors (Lipinski definition) is 0. The molecule has 8 nitrogen and oxygen atoms in total. The van der Waals surface area contributed by atoms with Gasteiger partial charge in [0.25, 0.3) is 0 Å². The van der Waals surface area contributed by atoms with E-state index in [-0.39, 0.29) is 0 Å². The van der Waals surface area contributed by atoms with Gasteiger partial charge in [-0.05, 0) is 24.3 Å². The fourth-order valence-electron chi connectivity index (χ4n) is 3.29. The molecule has 150 valence electrons.